The first-order valence-electron chi connectivity index (χ1n) is 12.5. The molecule has 3 heterocycles. The highest BCUT2D eigenvalue weighted by Crippen LogP contribution is 2.42. The molecule has 34 heavy (non-hydrogen) atoms. The van der Waals surface area contributed by atoms with E-state index < -0.39 is 0 Å². The average Bonchev–Trinajstić information content (AvgIpc) is 3.60. The van der Waals surface area contributed by atoms with E-state index in [9.17, 15) is 4.79 Å². The molecule has 2 aromatic carbocycles. The topological polar surface area (TPSA) is 48.0 Å². The lowest BCUT2D eigenvalue weighted by molar-refractivity contribution is -0.132. The van der Waals surface area contributed by atoms with Crippen LogP contribution < -0.4 is 9.47 Å². The van der Waals surface area contributed by atoms with Crippen LogP contribution in [0, 0.1) is 5.92 Å². The van der Waals surface area contributed by atoms with E-state index in [0.29, 0.717) is 38.6 Å². The number of thiophene rings is 1. The molecular weight excluding hydrogens is 446 g/mol. The van der Waals surface area contributed by atoms with Gasteiger partial charge in [0.15, 0.2) is 11.5 Å². The number of amides is 1. The first-order chi connectivity index (χ1) is 16.7. The van der Waals surface area contributed by atoms with Crippen LogP contribution in [-0.2, 0) is 16.1 Å². The van der Waals surface area contributed by atoms with Crippen molar-refractivity contribution in [2.45, 2.75) is 51.2 Å². The van der Waals surface area contributed by atoms with Crippen LogP contribution in [0.3, 0.4) is 0 Å². The maximum atomic E-state index is 13.2. The highest BCUT2D eigenvalue weighted by atomic mass is 32.1. The Labute approximate surface area is 204 Å². The third-order valence-electron chi connectivity index (χ3n) is 7.36. The summed E-state index contributed by atoms with van der Waals surface area (Å²) in [5, 5.41) is 3.46. The van der Waals surface area contributed by atoms with Gasteiger partial charge in [-0.05, 0) is 47.9 Å². The summed E-state index contributed by atoms with van der Waals surface area (Å²) in [6.07, 6.45) is 6.46. The smallest absolute Gasteiger partial charge is 0.223 e. The zero-order valence-electron chi connectivity index (χ0n) is 19.5. The number of ether oxygens (including phenoxy) is 3. The Morgan fingerprint density at radius 1 is 1.12 bits per heavy atom. The predicted octanol–water partition coefficient (Wildman–Crippen LogP) is 6.04. The van der Waals surface area contributed by atoms with Gasteiger partial charge in [0.1, 0.15) is 12.7 Å². The van der Waals surface area contributed by atoms with Crippen molar-refractivity contribution in [3.05, 3.63) is 47.3 Å². The summed E-state index contributed by atoms with van der Waals surface area (Å²) in [5.41, 5.74) is 3.33. The number of hydrogen-bond acceptors (Lipinski definition) is 5. The van der Waals surface area contributed by atoms with Gasteiger partial charge in [0, 0.05) is 40.6 Å². The molecule has 0 radical (unpaired) electrons. The fourth-order valence-electron chi connectivity index (χ4n) is 5.52. The molecule has 6 rings (SSSR count). The van der Waals surface area contributed by atoms with Crippen LogP contribution in [0.4, 0.5) is 0 Å². The summed E-state index contributed by atoms with van der Waals surface area (Å²) < 4.78 is 19.5. The molecule has 0 bridgehead atoms. The van der Waals surface area contributed by atoms with Crippen molar-refractivity contribution in [3.8, 4) is 22.6 Å². The van der Waals surface area contributed by atoms with Crippen LogP contribution in [-0.4, -0.2) is 43.3 Å². The zero-order chi connectivity index (χ0) is 22.9. The molecule has 2 fully saturated rings. The van der Waals surface area contributed by atoms with Crippen LogP contribution in [0.2, 0.25) is 0 Å². The molecule has 5 nitrogen and oxygen atoms in total. The van der Waals surface area contributed by atoms with E-state index in [4.69, 9.17) is 14.2 Å². The number of nitrogens with zero attached hydrogens (tertiary/aromatic N) is 1. The normalized spacial score (nSPS) is 20.8. The highest BCUT2D eigenvalue weighted by molar-refractivity contribution is 7.17. The largest absolute Gasteiger partial charge is 0.487 e. The van der Waals surface area contributed by atoms with Gasteiger partial charge in [0.2, 0.25) is 5.91 Å². The van der Waals surface area contributed by atoms with E-state index in [1.165, 1.54) is 41.3 Å². The molecule has 0 spiro atoms. The van der Waals surface area contributed by atoms with Crippen LogP contribution >= 0.6 is 11.3 Å². The van der Waals surface area contributed by atoms with E-state index in [-0.39, 0.29) is 12.0 Å². The van der Waals surface area contributed by atoms with Crippen LogP contribution in [0.15, 0.2) is 41.8 Å². The van der Waals surface area contributed by atoms with E-state index in [2.05, 4.69) is 41.8 Å². The molecule has 178 valence electrons. The molecule has 3 aliphatic rings. The highest BCUT2D eigenvalue weighted by Gasteiger charge is 2.28. The van der Waals surface area contributed by atoms with Crippen molar-refractivity contribution >= 4 is 27.3 Å². The molecular formula is C28H31NO4S. The standard InChI is InChI=1S/C28H31NO4S/c30-27(13-19-5-1-2-6-19)29-10-12-32-28-21(16-29)14-20(15-25(28)33-22-9-11-31-17-22)24-18-34-26-8-4-3-7-23(24)26/h3-4,7-8,14-15,18-19,22H,1-2,5-6,9-13,16-17H2/t22-/m1/s1. The SMILES string of the molecule is O=C(CC1CCCC1)N1CCOc2c(cc(-c3csc4ccccc34)cc2O[C@@H]2CCOC2)C1. The predicted molar refractivity (Wildman–Crippen MR) is 135 cm³/mol. The van der Waals surface area contributed by atoms with Crippen molar-refractivity contribution in [2.24, 2.45) is 5.92 Å². The third-order valence-corrected chi connectivity index (χ3v) is 8.33. The summed E-state index contributed by atoms with van der Waals surface area (Å²) in [6, 6.07) is 12.8. The summed E-state index contributed by atoms with van der Waals surface area (Å²) in [6.45, 7) is 3.00. The monoisotopic (exact) mass is 477 g/mol. The first-order valence-corrected chi connectivity index (χ1v) is 13.4. The van der Waals surface area contributed by atoms with Crippen molar-refractivity contribution in [1.82, 2.24) is 4.90 Å². The summed E-state index contributed by atoms with van der Waals surface area (Å²) >= 11 is 1.76. The number of hydrogen-bond donors (Lipinski definition) is 0. The Bertz CT molecular complexity index is 1180. The second-order valence-electron chi connectivity index (χ2n) is 9.73. The van der Waals surface area contributed by atoms with Gasteiger partial charge in [-0.1, -0.05) is 31.0 Å². The van der Waals surface area contributed by atoms with Crippen molar-refractivity contribution in [2.75, 3.05) is 26.4 Å². The summed E-state index contributed by atoms with van der Waals surface area (Å²) in [7, 11) is 0. The van der Waals surface area contributed by atoms with Gasteiger partial charge in [0.25, 0.3) is 0 Å². The second kappa shape index (κ2) is 9.59. The lowest BCUT2D eigenvalue weighted by atomic mass is 10.00. The van der Waals surface area contributed by atoms with Crippen LogP contribution in [0.25, 0.3) is 21.2 Å². The van der Waals surface area contributed by atoms with Crippen LogP contribution in [0.5, 0.6) is 11.5 Å². The van der Waals surface area contributed by atoms with E-state index >= 15 is 0 Å². The summed E-state index contributed by atoms with van der Waals surface area (Å²) in [4.78, 5) is 15.2. The Kier molecular flexibility index (Phi) is 6.18. The fraction of sp³-hybridized carbons (Fsp3) is 0.464. The molecule has 2 aliphatic heterocycles. The Morgan fingerprint density at radius 3 is 2.85 bits per heavy atom. The van der Waals surface area contributed by atoms with E-state index in [0.717, 1.165) is 35.7 Å². The lowest BCUT2D eigenvalue weighted by Crippen LogP contribution is -2.33. The Morgan fingerprint density at radius 2 is 2.00 bits per heavy atom. The maximum Gasteiger partial charge on any atom is 0.223 e. The quantitative estimate of drug-likeness (QED) is 0.450. The van der Waals surface area contributed by atoms with Gasteiger partial charge < -0.3 is 19.1 Å². The van der Waals surface area contributed by atoms with Crippen molar-refractivity contribution in [3.63, 3.8) is 0 Å². The molecule has 1 atom stereocenters. The molecule has 0 unspecified atom stereocenters. The summed E-state index contributed by atoms with van der Waals surface area (Å²) in [5.74, 6) is 2.34. The molecule has 1 aliphatic carbocycles. The average molecular weight is 478 g/mol. The minimum atomic E-state index is 0.0329. The van der Waals surface area contributed by atoms with Gasteiger partial charge in [-0.25, -0.2) is 0 Å². The molecule has 1 amide bonds. The first kappa shape index (κ1) is 21.9. The minimum absolute atomic E-state index is 0.0329. The molecule has 0 N–H and O–H groups in total. The van der Waals surface area contributed by atoms with Crippen molar-refractivity contribution in [1.29, 1.82) is 0 Å². The van der Waals surface area contributed by atoms with Gasteiger partial charge >= 0.3 is 0 Å². The second-order valence-corrected chi connectivity index (χ2v) is 10.6. The Hall–Kier alpha value is -2.57. The molecule has 1 aromatic heterocycles. The van der Waals surface area contributed by atoms with Crippen molar-refractivity contribution < 1.29 is 19.0 Å². The maximum absolute atomic E-state index is 13.2. The number of benzene rings is 2. The minimum Gasteiger partial charge on any atom is -0.487 e. The van der Waals surface area contributed by atoms with Gasteiger partial charge in [-0.3, -0.25) is 4.79 Å². The van der Waals surface area contributed by atoms with Gasteiger partial charge in [-0.2, -0.15) is 0 Å². The fourth-order valence-corrected chi connectivity index (χ4v) is 6.49. The number of fused-ring (bicyclic) bond motifs is 2. The molecule has 1 saturated carbocycles. The number of carbonyl (C=O) groups is 1. The van der Waals surface area contributed by atoms with E-state index in [1.54, 1.807) is 11.3 Å². The van der Waals surface area contributed by atoms with E-state index in [1.807, 2.05) is 4.90 Å². The number of carbonyl (C=O) groups excluding carboxylic acids is 1. The molecule has 1 saturated heterocycles. The Balaban J connectivity index is 1.36. The molecule has 6 heteroatoms. The zero-order valence-corrected chi connectivity index (χ0v) is 20.3. The van der Waals surface area contributed by atoms with Gasteiger partial charge in [-0.15, -0.1) is 11.3 Å². The third kappa shape index (κ3) is 4.41. The lowest BCUT2D eigenvalue weighted by Gasteiger charge is -2.22. The molecule has 3 aromatic rings. The van der Waals surface area contributed by atoms with Gasteiger partial charge in [0.05, 0.1) is 19.8 Å². The van der Waals surface area contributed by atoms with Crippen LogP contribution in [0.1, 0.15) is 44.1 Å². The number of rotatable bonds is 5.